The Kier molecular flexibility index (Phi) is 2.34. The van der Waals surface area contributed by atoms with Crippen molar-refractivity contribution in [1.29, 1.82) is 0 Å². The van der Waals surface area contributed by atoms with E-state index in [0.29, 0.717) is 5.92 Å². The lowest BCUT2D eigenvalue weighted by Crippen LogP contribution is -1.96. The summed E-state index contributed by atoms with van der Waals surface area (Å²) in [6.07, 6.45) is 2.39. The lowest BCUT2D eigenvalue weighted by Gasteiger charge is -1.96. The molecule has 0 radical (unpaired) electrons. The Morgan fingerprint density at radius 2 is 2.05 bits per heavy atom. The Hall–Kier alpha value is -1.28. The van der Waals surface area contributed by atoms with E-state index in [1.165, 1.54) is 12.8 Å². The van der Waals surface area contributed by atoms with Crippen LogP contribution in [0.2, 0.25) is 0 Å². The SMILES string of the molecule is Cc1nn(C)c(-c2nn3c(C4CC4)nnc3s2)c1Br. The first-order valence-corrected chi connectivity index (χ1v) is 7.67. The second kappa shape index (κ2) is 3.86. The largest absolute Gasteiger partial charge is 0.264 e. The van der Waals surface area contributed by atoms with Gasteiger partial charge in [-0.2, -0.15) is 14.7 Å². The highest BCUT2D eigenvalue weighted by atomic mass is 79.9. The monoisotopic (exact) mass is 338 g/mol. The molecule has 6 nitrogen and oxygen atoms in total. The van der Waals surface area contributed by atoms with Crippen molar-refractivity contribution in [2.24, 2.45) is 7.05 Å². The zero-order valence-electron chi connectivity index (χ0n) is 10.5. The van der Waals surface area contributed by atoms with E-state index in [1.54, 1.807) is 11.3 Å². The Labute approximate surface area is 121 Å². The van der Waals surface area contributed by atoms with E-state index in [-0.39, 0.29) is 0 Å². The van der Waals surface area contributed by atoms with Crippen LogP contribution in [0.25, 0.3) is 15.7 Å². The number of fused-ring (bicyclic) bond motifs is 1. The maximum atomic E-state index is 4.66. The predicted molar refractivity (Wildman–Crippen MR) is 75.3 cm³/mol. The smallest absolute Gasteiger partial charge is 0.235 e. The summed E-state index contributed by atoms with van der Waals surface area (Å²) in [5.74, 6) is 1.54. The van der Waals surface area contributed by atoms with E-state index < -0.39 is 0 Å². The van der Waals surface area contributed by atoms with Crippen molar-refractivity contribution < 1.29 is 0 Å². The van der Waals surface area contributed by atoms with Crippen LogP contribution in [0.15, 0.2) is 4.47 Å². The first-order valence-electron chi connectivity index (χ1n) is 6.06. The van der Waals surface area contributed by atoms with Crippen LogP contribution in [-0.4, -0.2) is 29.6 Å². The van der Waals surface area contributed by atoms with E-state index >= 15 is 0 Å². The van der Waals surface area contributed by atoms with Crippen molar-refractivity contribution in [1.82, 2.24) is 29.6 Å². The molecular formula is C11H11BrN6S. The minimum Gasteiger partial charge on any atom is -0.264 e. The van der Waals surface area contributed by atoms with Crippen molar-refractivity contribution >= 4 is 32.2 Å². The van der Waals surface area contributed by atoms with Crippen LogP contribution in [0.1, 0.15) is 30.3 Å². The van der Waals surface area contributed by atoms with Gasteiger partial charge in [-0.25, -0.2) is 0 Å². The van der Waals surface area contributed by atoms with Gasteiger partial charge in [-0.15, -0.1) is 10.2 Å². The highest BCUT2D eigenvalue weighted by molar-refractivity contribution is 9.10. The molecule has 0 N–H and O–H groups in total. The molecular weight excluding hydrogens is 328 g/mol. The van der Waals surface area contributed by atoms with Gasteiger partial charge in [0.25, 0.3) is 0 Å². The van der Waals surface area contributed by atoms with Gasteiger partial charge in [0.2, 0.25) is 4.96 Å². The van der Waals surface area contributed by atoms with Gasteiger partial charge in [0.1, 0.15) is 5.69 Å². The molecule has 0 spiro atoms. The molecule has 3 aromatic rings. The molecule has 0 amide bonds. The van der Waals surface area contributed by atoms with Crippen molar-refractivity contribution in [3.05, 3.63) is 16.0 Å². The molecule has 3 heterocycles. The standard InChI is InChI=1S/C11H11BrN6S/c1-5-7(12)8(17(2)15-5)10-16-18-9(6-3-4-6)13-14-11(18)19-10/h6H,3-4H2,1-2H3. The van der Waals surface area contributed by atoms with Gasteiger partial charge in [0, 0.05) is 13.0 Å². The van der Waals surface area contributed by atoms with Crippen LogP contribution < -0.4 is 0 Å². The van der Waals surface area contributed by atoms with Crippen LogP contribution in [-0.2, 0) is 7.05 Å². The summed E-state index contributed by atoms with van der Waals surface area (Å²) in [6.45, 7) is 1.98. The second-order valence-electron chi connectivity index (χ2n) is 4.81. The Morgan fingerprint density at radius 3 is 2.68 bits per heavy atom. The lowest BCUT2D eigenvalue weighted by atomic mass is 10.4. The molecule has 0 saturated heterocycles. The third-order valence-corrected chi connectivity index (χ3v) is 5.16. The van der Waals surface area contributed by atoms with Crippen LogP contribution in [0.3, 0.4) is 0 Å². The number of aryl methyl sites for hydroxylation is 2. The third kappa shape index (κ3) is 1.66. The lowest BCUT2D eigenvalue weighted by molar-refractivity contribution is 0.758. The second-order valence-corrected chi connectivity index (χ2v) is 6.55. The van der Waals surface area contributed by atoms with Gasteiger partial charge >= 0.3 is 0 Å². The average Bonchev–Trinajstić information content (AvgIpc) is 2.92. The fraction of sp³-hybridized carbons (Fsp3) is 0.455. The van der Waals surface area contributed by atoms with Gasteiger partial charge in [-0.3, -0.25) is 4.68 Å². The maximum absolute atomic E-state index is 4.66. The zero-order chi connectivity index (χ0) is 13.1. The normalized spacial score (nSPS) is 15.5. The van der Waals surface area contributed by atoms with E-state index in [1.807, 2.05) is 23.2 Å². The Bertz CT molecular complexity index is 781. The van der Waals surface area contributed by atoms with Crippen molar-refractivity contribution in [2.75, 3.05) is 0 Å². The number of halogens is 1. The Balaban J connectivity index is 1.91. The molecule has 19 heavy (non-hydrogen) atoms. The number of rotatable bonds is 2. The average molecular weight is 339 g/mol. The highest BCUT2D eigenvalue weighted by Crippen LogP contribution is 2.40. The minimum absolute atomic E-state index is 0.543. The molecule has 3 aromatic heterocycles. The quantitative estimate of drug-likeness (QED) is 0.720. The first-order chi connectivity index (χ1) is 9.15. The van der Waals surface area contributed by atoms with Gasteiger partial charge in [-0.1, -0.05) is 11.3 Å². The van der Waals surface area contributed by atoms with Gasteiger partial charge in [0.15, 0.2) is 10.8 Å². The van der Waals surface area contributed by atoms with Crippen LogP contribution >= 0.6 is 27.3 Å². The van der Waals surface area contributed by atoms with Gasteiger partial charge < -0.3 is 0 Å². The fourth-order valence-electron chi connectivity index (χ4n) is 2.19. The summed E-state index contributed by atoms with van der Waals surface area (Å²) in [5.41, 5.74) is 1.96. The van der Waals surface area contributed by atoms with E-state index in [9.17, 15) is 0 Å². The first kappa shape index (κ1) is 11.5. The molecule has 8 heteroatoms. The summed E-state index contributed by atoms with van der Waals surface area (Å²) in [4.78, 5) is 0.850. The minimum atomic E-state index is 0.543. The fourth-order valence-corrected chi connectivity index (χ4v) is 3.77. The van der Waals surface area contributed by atoms with E-state index in [4.69, 9.17) is 0 Å². The number of aromatic nitrogens is 6. The summed E-state index contributed by atoms with van der Waals surface area (Å²) in [7, 11) is 1.93. The van der Waals surface area contributed by atoms with Gasteiger partial charge in [0.05, 0.1) is 10.2 Å². The van der Waals surface area contributed by atoms with E-state index in [0.717, 1.165) is 31.7 Å². The molecule has 0 aliphatic heterocycles. The highest BCUT2D eigenvalue weighted by Gasteiger charge is 2.30. The molecule has 4 rings (SSSR count). The predicted octanol–water partition coefficient (Wildman–Crippen LogP) is 2.53. The zero-order valence-corrected chi connectivity index (χ0v) is 12.9. The van der Waals surface area contributed by atoms with Crippen molar-refractivity contribution in [3.8, 4) is 10.7 Å². The molecule has 0 bridgehead atoms. The van der Waals surface area contributed by atoms with Crippen molar-refractivity contribution in [3.63, 3.8) is 0 Å². The molecule has 1 aliphatic rings. The van der Waals surface area contributed by atoms with Crippen LogP contribution in [0, 0.1) is 6.92 Å². The number of nitrogens with zero attached hydrogens (tertiary/aromatic N) is 6. The molecule has 1 saturated carbocycles. The number of hydrogen-bond acceptors (Lipinski definition) is 5. The van der Waals surface area contributed by atoms with Crippen LogP contribution in [0.4, 0.5) is 0 Å². The summed E-state index contributed by atoms with van der Waals surface area (Å²) < 4.78 is 4.72. The molecule has 0 aromatic carbocycles. The molecule has 98 valence electrons. The van der Waals surface area contributed by atoms with Crippen LogP contribution in [0.5, 0.6) is 0 Å². The summed E-state index contributed by atoms with van der Waals surface area (Å²) in [6, 6.07) is 0. The Morgan fingerprint density at radius 1 is 1.26 bits per heavy atom. The summed E-state index contributed by atoms with van der Waals surface area (Å²) >= 11 is 5.13. The van der Waals surface area contributed by atoms with Gasteiger partial charge in [-0.05, 0) is 35.7 Å². The molecule has 1 aliphatic carbocycles. The summed E-state index contributed by atoms with van der Waals surface area (Å²) in [5, 5.41) is 18.4. The maximum Gasteiger partial charge on any atom is 0.235 e. The molecule has 0 atom stereocenters. The van der Waals surface area contributed by atoms with E-state index in [2.05, 4.69) is 36.3 Å². The third-order valence-electron chi connectivity index (χ3n) is 3.31. The number of hydrogen-bond donors (Lipinski definition) is 0. The van der Waals surface area contributed by atoms with Crippen molar-refractivity contribution in [2.45, 2.75) is 25.7 Å². The molecule has 1 fully saturated rings. The molecule has 0 unspecified atom stereocenters. The topological polar surface area (TPSA) is 60.9 Å².